The Morgan fingerprint density at radius 3 is 2.87 bits per heavy atom. The molecular formula is C24H20N2O3S. The number of rotatable bonds is 6. The Labute approximate surface area is 177 Å². The van der Waals surface area contributed by atoms with Crippen LogP contribution < -0.4 is 10.7 Å². The topological polar surface area (TPSA) is 72.2 Å². The standard InChI is InChI=1S/C24H20N2O3S/c1-16-7-9-21-20(11-16)24(28)18(14-29-21)8-10-22(27)25-13-19-15-30-23(26-19)12-17-5-3-2-4-6-17/h2-11,14-15H,12-13H2,1H3,(H,25,27)/b10-8+. The Morgan fingerprint density at radius 2 is 2.03 bits per heavy atom. The molecule has 0 aliphatic rings. The molecule has 1 amide bonds. The van der Waals surface area contributed by atoms with Gasteiger partial charge in [-0.2, -0.15) is 0 Å². The van der Waals surface area contributed by atoms with Gasteiger partial charge in [-0.1, -0.05) is 42.0 Å². The highest BCUT2D eigenvalue weighted by Gasteiger charge is 2.07. The first-order valence-corrected chi connectivity index (χ1v) is 10.4. The highest BCUT2D eigenvalue weighted by atomic mass is 32.1. The molecule has 0 saturated carbocycles. The van der Waals surface area contributed by atoms with Crippen LogP contribution in [0.4, 0.5) is 0 Å². The first kappa shape index (κ1) is 19.8. The average molecular weight is 417 g/mol. The molecule has 0 unspecified atom stereocenters. The van der Waals surface area contributed by atoms with E-state index in [1.165, 1.54) is 24.0 Å². The Hall–Kier alpha value is -3.51. The molecule has 2 heterocycles. The van der Waals surface area contributed by atoms with Gasteiger partial charge in [-0.25, -0.2) is 4.98 Å². The van der Waals surface area contributed by atoms with Crippen LogP contribution >= 0.6 is 11.3 Å². The molecule has 0 bridgehead atoms. The van der Waals surface area contributed by atoms with Crippen molar-refractivity contribution in [2.45, 2.75) is 19.9 Å². The van der Waals surface area contributed by atoms with Crippen molar-refractivity contribution in [3.63, 3.8) is 0 Å². The van der Waals surface area contributed by atoms with Gasteiger partial charge in [-0.3, -0.25) is 9.59 Å². The number of aryl methyl sites for hydroxylation is 1. The molecule has 0 aliphatic carbocycles. The van der Waals surface area contributed by atoms with Crippen LogP contribution in [0.15, 0.2) is 75.5 Å². The molecule has 2 aromatic heterocycles. The van der Waals surface area contributed by atoms with Gasteiger partial charge in [0.1, 0.15) is 11.8 Å². The van der Waals surface area contributed by atoms with E-state index in [0.717, 1.165) is 22.7 Å². The van der Waals surface area contributed by atoms with Crippen molar-refractivity contribution >= 4 is 34.3 Å². The average Bonchev–Trinajstić information content (AvgIpc) is 3.20. The van der Waals surface area contributed by atoms with Crippen molar-refractivity contribution in [2.24, 2.45) is 0 Å². The monoisotopic (exact) mass is 416 g/mol. The van der Waals surface area contributed by atoms with Crippen molar-refractivity contribution in [3.8, 4) is 0 Å². The summed E-state index contributed by atoms with van der Waals surface area (Å²) in [4.78, 5) is 29.3. The zero-order valence-corrected chi connectivity index (χ0v) is 17.2. The Kier molecular flexibility index (Phi) is 5.86. The van der Waals surface area contributed by atoms with E-state index in [1.807, 2.05) is 36.6 Å². The molecule has 0 aliphatic heterocycles. The Bertz CT molecular complexity index is 1270. The second-order valence-electron chi connectivity index (χ2n) is 6.97. The van der Waals surface area contributed by atoms with Crippen LogP contribution in [0.2, 0.25) is 0 Å². The molecule has 4 rings (SSSR count). The van der Waals surface area contributed by atoms with Gasteiger partial charge < -0.3 is 9.73 Å². The van der Waals surface area contributed by atoms with Crippen molar-refractivity contribution in [1.29, 1.82) is 0 Å². The molecule has 30 heavy (non-hydrogen) atoms. The van der Waals surface area contributed by atoms with E-state index in [1.54, 1.807) is 23.5 Å². The first-order chi connectivity index (χ1) is 14.6. The molecule has 6 heteroatoms. The van der Waals surface area contributed by atoms with Crippen molar-refractivity contribution in [3.05, 3.63) is 104 Å². The van der Waals surface area contributed by atoms with Gasteiger partial charge in [0.2, 0.25) is 5.91 Å². The number of hydrogen-bond acceptors (Lipinski definition) is 5. The zero-order valence-electron chi connectivity index (χ0n) is 16.4. The van der Waals surface area contributed by atoms with Crippen LogP contribution in [-0.2, 0) is 17.8 Å². The second-order valence-corrected chi connectivity index (χ2v) is 7.91. The quantitative estimate of drug-likeness (QED) is 0.471. The fraction of sp³-hybridized carbons (Fsp3) is 0.125. The SMILES string of the molecule is Cc1ccc2occ(/C=C/C(=O)NCc3csc(Cc4ccccc4)n3)c(=O)c2c1. The molecule has 2 aromatic carbocycles. The van der Waals surface area contributed by atoms with Crippen LogP contribution in [0.25, 0.3) is 17.0 Å². The largest absolute Gasteiger partial charge is 0.463 e. The van der Waals surface area contributed by atoms with E-state index in [-0.39, 0.29) is 11.3 Å². The number of carbonyl (C=O) groups is 1. The summed E-state index contributed by atoms with van der Waals surface area (Å²) in [6.45, 7) is 2.25. The van der Waals surface area contributed by atoms with Crippen LogP contribution in [0.5, 0.6) is 0 Å². The van der Waals surface area contributed by atoms with Crippen LogP contribution in [0.3, 0.4) is 0 Å². The van der Waals surface area contributed by atoms with E-state index in [9.17, 15) is 9.59 Å². The highest BCUT2D eigenvalue weighted by Crippen LogP contribution is 2.15. The first-order valence-electron chi connectivity index (χ1n) is 9.54. The van der Waals surface area contributed by atoms with Crippen LogP contribution in [-0.4, -0.2) is 10.9 Å². The number of carbonyl (C=O) groups excluding carboxylic acids is 1. The number of hydrogen-bond donors (Lipinski definition) is 1. The predicted molar refractivity (Wildman–Crippen MR) is 119 cm³/mol. The van der Waals surface area contributed by atoms with Crippen molar-refractivity contribution in [1.82, 2.24) is 10.3 Å². The van der Waals surface area contributed by atoms with Gasteiger partial charge in [0.05, 0.1) is 28.2 Å². The van der Waals surface area contributed by atoms with Gasteiger partial charge in [-0.05, 0) is 30.7 Å². The minimum absolute atomic E-state index is 0.158. The number of aromatic nitrogens is 1. The van der Waals surface area contributed by atoms with Gasteiger partial charge in [0.25, 0.3) is 0 Å². The van der Waals surface area contributed by atoms with Crippen molar-refractivity contribution in [2.75, 3.05) is 0 Å². The van der Waals surface area contributed by atoms with Crippen molar-refractivity contribution < 1.29 is 9.21 Å². The summed E-state index contributed by atoms with van der Waals surface area (Å²) in [6.07, 6.45) is 4.96. The number of thiazole rings is 1. The third kappa shape index (κ3) is 4.72. The maximum Gasteiger partial charge on any atom is 0.244 e. The van der Waals surface area contributed by atoms with Gasteiger partial charge >= 0.3 is 0 Å². The fourth-order valence-electron chi connectivity index (χ4n) is 3.06. The molecule has 4 aromatic rings. The molecule has 0 spiro atoms. The molecular weight excluding hydrogens is 396 g/mol. The smallest absolute Gasteiger partial charge is 0.244 e. The van der Waals surface area contributed by atoms with E-state index in [2.05, 4.69) is 22.4 Å². The molecule has 0 radical (unpaired) electrons. The molecule has 0 fully saturated rings. The maximum atomic E-state index is 12.6. The van der Waals surface area contributed by atoms with Gasteiger partial charge in [-0.15, -0.1) is 11.3 Å². The molecule has 150 valence electrons. The summed E-state index contributed by atoms with van der Waals surface area (Å²) in [5, 5.41) is 6.26. The third-order valence-corrected chi connectivity index (χ3v) is 5.51. The second kappa shape index (κ2) is 8.88. The normalized spacial score (nSPS) is 11.2. The van der Waals surface area contributed by atoms with Crippen LogP contribution in [0.1, 0.15) is 27.4 Å². The van der Waals surface area contributed by atoms with E-state index in [4.69, 9.17) is 4.42 Å². The number of benzene rings is 2. The van der Waals surface area contributed by atoms with Crippen LogP contribution in [0, 0.1) is 6.92 Å². The minimum atomic E-state index is -0.295. The fourth-order valence-corrected chi connectivity index (χ4v) is 3.89. The lowest BCUT2D eigenvalue weighted by Gasteiger charge is -2.01. The van der Waals surface area contributed by atoms with E-state index in [0.29, 0.717) is 23.1 Å². The molecule has 1 N–H and O–H groups in total. The Balaban J connectivity index is 1.37. The Morgan fingerprint density at radius 1 is 1.20 bits per heavy atom. The zero-order chi connectivity index (χ0) is 20.9. The summed E-state index contributed by atoms with van der Waals surface area (Å²) < 4.78 is 5.50. The molecule has 5 nitrogen and oxygen atoms in total. The van der Waals surface area contributed by atoms with E-state index >= 15 is 0 Å². The number of amides is 1. The van der Waals surface area contributed by atoms with E-state index < -0.39 is 0 Å². The summed E-state index contributed by atoms with van der Waals surface area (Å²) in [5.74, 6) is -0.295. The lowest BCUT2D eigenvalue weighted by atomic mass is 10.1. The molecule has 0 saturated heterocycles. The van der Waals surface area contributed by atoms with Gasteiger partial charge in [0, 0.05) is 17.9 Å². The summed E-state index contributed by atoms with van der Waals surface area (Å²) in [5.41, 5.74) is 3.70. The lowest BCUT2D eigenvalue weighted by molar-refractivity contribution is -0.116. The highest BCUT2D eigenvalue weighted by molar-refractivity contribution is 7.09. The summed E-state index contributed by atoms with van der Waals surface area (Å²) in [7, 11) is 0. The predicted octanol–water partition coefficient (Wildman–Crippen LogP) is 4.48. The third-order valence-electron chi connectivity index (χ3n) is 4.61. The number of nitrogens with zero attached hydrogens (tertiary/aromatic N) is 1. The van der Waals surface area contributed by atoms with Gasteiger partial charge in [0.15, 0.2) is 5.43 Å². The maximum absolute atomic E-state index is 12.6. The minimum Gasteiger partial charge on any atom is -0.463 e. The summed E-state index contributed by atoms with van der Waals surface area (Å²) >= 11 is 1.58. The number of nitrogens with one attached hydrogen (secondary N) is 1. The lowest BCUT2D eigenvalue weighted by Crippen LogP contribution is -2.20. The number of fused-ring (bicyclic) bond motifs is 1. The summed E-state index contributed by atoms with van der Waals surface area (Å²) in [6, 6.07) is 15.6. The molecule has 0 atom stereocenters.